The van der Waals surface area contributed by atoms with Crippen molar-refractivity contribution in [2.75, 3.05) is 16.8 Å². The maximum Gasteiger partial charge on any atom is 0.0415 e. The molecule has 3 rings (SSSR count). The summed E-state index contributed by atoms with van der Waals surface area (Å²) in [5, 5.41) is 7.78. The van der Waals surface area contributed by atoms with Crippen LogP contribution < -0.4 is 16.8 Å². The van der Waals surface area contributed by atoms with Crippen LogP contribution in [0.4, 0.5) is 17.1 Å². The standard InChI is InChI=1S/C20H23N3S.2ClH/c1-13(2)14-3-6-17(7-4-14)23-10-15-11-24-12-19(15)18-9-16(21)5-8-20(18)22;;/h3-9,11-13,23H,10,21-22H2,1-2H3;2*1H. The van der Waals surface area contributed by atoms with Crippen LogP contribution in [0.1, 0.15) is 30.9 Å². The van der Waals surface area contributed by atoms with Gasteiger partial charge in [-0.2, -0.15) is 11.3 Å². The van der Waals surface area contributed by atoms with Gasteiger partial charge in [0.2, 0.25) is 0 Å². The maximum absolute atomic E-state index is 6.13. The van der Waals surface area contributed by atoms with Crippen LogP contribution in [0.2, 0.25) is 0 Å². The van der Waals surface area contributed by atoms with E-state index in [-0.39, 0.29) is 24.8 Å². The Balaban J connectivity index is 0.00000169. The highest BCUT2D eigenvalue weighted by molar-refractivity contribution is 7.08. The number of nitrogens with one attached hydrogen (secondary N) is 1. The first-order valence-electron chi connectivity index (χ1n) is 8.09. The first kappa shape index (κ1) is 22.2. The summed E-state index contributed by atoms with van der Waals surface area (Å²) in [6.07, 6.45) is 0. The summed E-state index contributed by atoms with van der Waals surface area (Å²) in [5.41, 5.74) is 19.4. The van der Waals surface area contributed by atoms with Crippen molar-refractivity contribution >= 4 is 53.2 Å². The third kappa shape index (κ3) is 5.07. The fourth-order valence-corrected chi connectivity index (χ4v) is 3.54. The van der Waals surface area contributed by atoms with Crippen LogP contribution >= 0.6 is 36.2 Å². The quantitative estimate of drug-likeness (QED) is 0.442. The van der Waals surface area contributed by atoms with Gasteiger partial charge in [-0.05, 0) is 63.7 Å². The number of thiophene rings is 1. The SMILES string of the molecule is CC(C)c1ccc(NCc2cscc2-c2cc(N)ccc2N)cc1.Cl.Cl. The zero-order valence-corrected chi connectivity index (χ0v) is 17.3. The number of halogens is 2. The highest BCUT2D eigenvalue weighted by Crippen LogP contribution is 2.33. The van der Waals surface area contributed by atoms with E-state index in [1.165, 1.54) is 11.1 Å². The van der Waals surface area contributed by atoms with Gasteiger partial charge >= 0.3 is 0 Å². The minimum atomic E-state index is 0. The molecule has 0 saturated carbocycles. The van der Waals surface area contributed by atoms with E-state index in [1.54, 1.807) is 11.3 Å². The van der Waals surface area contributed by atoms with Crippen LogP contribution in [-0.2, 0) is 6.54 Å². The van der Waals surface area contributed by atoms with Crippen molar-refractivity contribution < 1.29 is 0 Å². The van der Waals surface area contributed by atoms with Crippen molar-refractivity contribution in [1.29, 1.82) is 0 Å². The number of hydrogen-bond donors (Lipinski definition) is 3. The number of rotatable bonds is 5. The minimum absolute atomic E-state index is 0. The molecule has 0 fully saturated rings. The summed E-state index contributed by atoms with van der Waals surface area (Å²) < 4.78 is 0. The topological polar surface area (TPSA) is 64.1 Å². The molecule has 0 aliphatic carbocycles. The molecule has 0 spiro atoms. The van der Waals surface area contributed by atoms with E-state index >= 15 is 0 Å². The lowest BCUT2D eigenvalue weighted by atomic mass is 10.0. The van der Waals surface area contributed by atoms with Gasteiger partial charge in [0.15, 0.2) is 0 Å². The summed E-state index contributed by atoms with van der Waals surface area (Å²) in [6, 6.07) is 14.3. The van der Waals surface area contributed by atoms with E-state index in [0.29, 0.717) is 5.92 Å². The monoisotopic (exact) mass is 409 g/mol. The Hall–Kier alpha value is -1.88. The van der Waals surface area contributed by atoms with Crippen molar-refractivity contribution in [3.63, 3.8) is 0 Å². The first-order chi connectivity index (χ1) is 11.5. The van der Waals surface area contributed by atoms with E-state index in [1.807, 2.05) is 18.2 Å². The van der Waals surface area contributed by atoms with Gasteiger partial charge < -0.3 is 16.8 Å². The molecular formula is C20H25Cl2N3S. The van der Waals surface area contributed by atoms with Crippen LogP contribution in [0.25, 0.3) is 11.1 Å². The molecule has 0 aliphatic rings. The summed E-state index contributed by atoms with van der Waals surface area (Å²) >= 11 is 1.68. The molecule has 0 radical (unpaired) electrons. The van der Waals surface area contributed by atoms with Crippen LogP contribution in [0.15, 0.2) is 53.2 Å². The third-order valence-corrected chi connectivity index (χ3v) is 4.96. The number of anilines is 3. The molecule has 6 heteroatoms. The van der Waals surface area contributed by atoms with Crippen LogP contribution in [0.3, 0.4) is 0 Å². The second-order valence-corrected chi connectivity index (χ2v) is 7.03. The predicted molar refractivity (Wildman–Crippen MR) is 121 cm³/mol. The molecule has 0 unspecified atom stereocenters. The lowest BCUT2D eigenvalue weighted by Gasteiger charge is -2.11. The zero-order valence-electron chi connectivity index (χ0n) is 14.9. The zero-order chi connectivity index (χ0) is 17.1. The fraction of sp³-hybridized carbons (Fsp3) is 0.200. The van der Waals surface area contributed by atoms with Crippen molar-refractivity contribution in [2.24, 2.45) is 0 Å². The lowest BCUT2D eigenvalue weighted by Crippen LogP contribution is -2.01. The van der Waals surface area contributed by atoms with E-state index in [4.69, 9.17) is 11.5 Å². The second kappa shape index (κ2) is 9.72. The Morgan fingerprint density at radius 3 is 2.27 bits per heavy atom. The fourth-order valence-electron chi connectivity index (χ4n) is 2.69. The van der Waals surface area contributed by atoms with Gasteiger partial charge in [-0.1, -0.05) is 26.0 Å². The Kier molecular flexibility index (Phi) is 8.28. The van der Waals surface area contributed by atoms with Crippen LogP contribution in [0, 0.1) is 0 Å². The van der Waals surface area contributed by atoms with E-state index in [2.05, 4.69) is 54.2 Å². The predicted octanol–water partition coefficient (Wildman–Crippen LogP) is 6.16. The average Bonchev–Trinajstić information content (AvgIpc) is 3.04. The van der Waals surface area contributed by atoms with E-state index in [9.17, 15) is 0 Å². The number of benzene rings is 2. The Bertz CT molecular complexity index is 829. The van der Waals surface area contributed by atoms with E-state index < -0.39 is 0 Å². The average molecular weight is 410 g/mol. The molecule has 140 valence electrons. The highest BCUT2D eigenvalue weighted by atomic mass is 35.5. The van der Waals surface area contributed by atoms with Crippen LogP contribution in [0.5, 0.6) is 0 Å². The normalized spacial score (nSPS) is 10.1. The molecular weight excluding hydrogens is 385 g/mol. The number of nitrogens with two attached hydrogens (primary N) is 2. The molecule has 0 amide bonds. The molecule has 5 N–H and O–H groups in total. The number of nitrogen functional groups attached to an aromatic ring is 2. The second-order valence-electron chi connectivity index (χ2n) is 6.29. The van der Waals surface area contributed by atoms with Crippen molar-refractivity contribution in [1.82, 2.24) is 0 Å². The molecule has 0 bridgehead atoms. The molecule has 1 heterocycles. The molecule has 0 atom stereocenters. The molecule has 26 heavy (non-hydrogen) atoms. The molecule has 0 aliphatic heterocycles. The van der Waals surface area contributed by atoms with Crippen molar-refractivity contribution in [2.45, 2.75) is 26.3 Å². The Morgan fingerprint density at radius 1 is 0.923 bits per heavy atom. The van der Waals surface area contributed by atoms with Crippen molar-refractivity contribution in [3.05, 3.63) is 64.4 Å². The summed E-state index contributed by atoms with van der Waals surface area (Å²) in [6.45, 7) is 5.17. The van der Waals surface area contributed by atoms with Gasteiger partial charge in [-0.3, -0.25) is 0 Å². The van der Waals surface area contributed by atoms with Crippen LogP contribution in [-0.4, -0.2) is 0 Å². The maximum atomic E-state index is 6.13. The minimum Gasteiger partial charge on any atom is -0.399 e. The van der Waals surface area contributed by atoms with Gasteiger partial charge in [0.1, 0.15) is 0 Å². The van der Waals surface area contributed by atoms with Crippen molar-refractivity contribution in [3.8, 4) is 11.1 Å². The molecule has 0 saturated heterocycles. The highest BCUT2D eigenvalue weighted by Gasteiger charge is 2.10. The Labute approximate surface area is 171 Å². The largest absolute Gasteiger partial charge is 0.399 e. The number of hydrogen-bond acceptors (Lipinski definition) is 4. The Morgan fingerprint density at radius 2 is 1.62 bits per heavy atom. The van der Waals surface area contributed by atoms with Gasteiger partial charge in [0.05, 0.1) is 0 Å². The summed E-state index contributed by atoms with van der Waals surface area (Å²) in [7, 11) is 0. The molecule has 2 aromatic carbocycles. The third-order valence-electron chi connectivity index (χ3n) is 4.17. The first-order valence-corrected chi connectivity index (χ1v) is 9.03. The van der Waals surface area contributed by atoms with Gasteiger partial charge in [0, 0.05) is 29.2 Å². The van der Waals surface area contributed by atoms with Gasteiger partial charge in [0.25, 0.3) is 0 Å². The summed E-state index contributed by atoms with van der Waals surface area (Å²) in [4.78, 5) is 0. The molecule has 3 aromatic rings. The molecule has 3 nitrogen and oxygen atoms in total. The lowest BCUT2D eigenvalue weighted by molar-refractivity contribution is 0.867. The molecule has 1 aromatic heterocycles. The van der Waals surface area contributed by atoms with Gasteiger partial charge in [-0.25, -0.2) is 0 Å². The van der Waals surface area contributed by atoms with Gasteiger partial charge in [-0.15, -0.1) is 24.8 Å². The summed E-state index contributed by atoms with van der Waals surface area (Å²) in [5.74, 6) is 0.550. The van der Waals surface area contributed by atoms with E-state index in [0.717, 1.165) is 34.7 Å². The smallest absolute Gasteiger partial charge is 0.0415 e.